The van der Waals surface area contributed by atoms with E-state index in [1.807, 2.05) is 32.0 Å². The van der Waals surface area contributed by atoms with Gasteiger partial charge in [0.2, 0.25) is 5.72 Å². The molecule has 2 aromatic rings. The van der Waals surface area contributed by atoms with Gasteiger partial charge in [-0.1, -0.05) is 43.6 Å². The van der Waals surface area contributed by atoms with Crippen LogP contribution in [0.25, 0.3) is 0 Å². The Kier molecular flexibility index (Phi) is 4.37. The van der Waals surface area contributed by atoms with Crippen LogP contribution in [0.2, 0.25) is 5.02 Å². The van der Waals surface area contributed by atoms with Crippen LogP contribution in [0.15, 0.2) is 46.9 Å². The van der Waals surface area contributed by atoms with Crippen molar-refractivity contribution in [2.45, 2.75) is 32.4 Å². The Bertz CT molecular complexity index is 673. The lowest BCUT2D eigenvalue weighted by molar-refractivity contribution is 0.0997. The van der Waals surface area contributed by atoms with Gasteiger partial charge in [-0.15, -0.1) is 0 Å². The minimum absolute atomic E-state index is 0.364. The second-order valence-corrected chi connectivity index (χ2v) is 6.53. The molecule has 4 rings (SSSR count). The van der Waals surface area contributed by atoms with E-state index in [1.54, 1.807) is 0 Å². The lowest BCUT2D eigenvalue weighted by atomic mass is 10.0. The van der Waals surface area contributed by atoms with Gasteiger partial charge in [0.25, 0.3) is 0 Å². The quantitative estimate of drug-likeness (QED) is 0.604. The first-order valence-electron chi connectivity index (χ1n) is 7.72. The monoisotopic (exact) mass is 379 g/mol. The van der Waals surface area contributed by atoms with Crippen molar-refractivity contribution in [1.82, 2.24) is 0 Å². The summed E-state index contributed by atoms with van der Waals surface area (Å²) in [5, 5.41) is 0.756. The summed E-state index contributed by atoms with van der Waals surface area (Å²) in [7, 11) is 0. The largest absolute Gasteiger partial charge is 0.460 e. The average Bonchev–Trinajstić information content (AvgIpc) is 3.09. The molecule has 0 amide bonds. The van der Waals surface area contributed by atoms with Gasteiger partial charge in [0.05, 0.1) is 10.2 Å². The molecule has 1 fully saturated rings. The van der Waals surface area contributed by atoms with E-state index in [1.165, 1.54) is 11.3 Å². The molecule has 0 aromatic heterocycles. The summed E-state index contributed by atoms with van der Waals surface area (Å²) in [6, 6.07) is 14.2. The maximum absolute atomic E-state index is 6.41. The van der Waals surface area contributed by atoms with Gasteiger partial charge in [-0.05, 0) is 46.6 Å². The van der Waals surface area contributed by atoms with Crippen LogP contribution >= 0.6 is 27.5 Å². The Hall–Kier alpha value is -1.19. The van der Waals surface area contributed by atoms with Crippen molar-refractivity contribution >= 4 is 33.2 Å². The van der Waals surface area contributed by atoms with Gasteiger partial charge in [-0.2, -0.15) is 0 Å². The number of rotatable bonds is 1. The van der Waals surface area contributed by atoms with Gasteiger partial charge in [0.1, 0.15) is 0 Å². The first kappa shape index (κ1) is 15.7. The van der Waals surface area contributed by atoms with E-state index < -0.39 is 0 Å². The molecule has 0 N–H and O–H groups in total. The van der Waals surface area contributed by atoms with Crippen molar-refractivity contribution in [1.29, 1.82) is 0 Å². The molecule has 0 radical (unpaired) electrons. The van der Waals surface area contributed by atoms with Crippen LogP contribution in [0.3, 0.4) is 0 Å². The number of fused-ring (bicyclic) bond motifs is 3. The molecule has 1 atom stereocenters. The predicted molar refractivity (Wildman–Crippen MR) is 95.8 cm³/mol. The smallest absolute Gasteiger partial charge is 0.209 e. The van der Waals surface area contributed by atoms with Crippen molar-refractivity contribution in [3.8, 4) is 5.75 Å². The molecule has 2 aliphatic heterocycles. The van der Waals surface area contributed by atoms with Gasteiger partial charge in [0, 0.05) is 23.6 Å². The van der Waals surface area contributed by atoms with Crippen LogP contribution in [-0.4, -0.2) is 6.54 Å². The number of hydrogen-bond donors (Lipinski definition) is 0. The number of anilines is 1. The summed E-state index contributed by atoms with van der Waals surface area (Å²) in [5.74, 6) is 0.946. The highest BCUT2D eigenvalue weighted by Crippen LogP contribution is 2.54. The van der Waals surface area contributed by atoms with Crippen LogP contribution < -0.4 is 9.64 Å². The van der Waals surface area contributed by atoms with Gasteiger partial charge in [0.15, 0.2) is 5.75 Å². The fraction of sp³-hybridized carbons (Fsp3) is 0.333. The Morgan fingerprint density at radius 2 is 1.86 bits per heavy atom. The molecule has 2 aromatic carbocycles. The molecule has 116 valence electrons. The molecule has 0 saturated carbocycles. The van der Waals surface area contributed by atoms with Crippen LogP contribution in [0.4, 0.5) is 5.69 Å². The Labute approximate surface area is 145 Å². The molecule has 1 saturated heterocycles. The lowest BCUT2D eigenvalue weighted by Gasteiger charge is -2.32. The van der Waals surface area contributed by atoms with Crippen LogP contribution in [0.5, 0.6) is 5.75 Å². The maximum atomic E-state index is 6.41. The van der Waals surface area contributed by atoms with Crippen LogP contribution in [0.1, 0.15) is 32.3 Å². The third kappa shape index (κ3) is 2.31. The summed E-state index contributed by atoms with van der Waals surface area (Å²) >= 11 is 9.60. The van der Waals surface area contributed by atoms with E-state index in [2.05, 4.69) is 45.1 Å². The third-order valence-electron chi connectivity index (χ3n) is 4.14. The third-order valence-corrected chi connectivity index (χ3v) is 5.01. The van der Waals surface area contributed by atoms with Crippen molar-refractivity contribution in [3.63, 3.8) is 0 Å². The maximum Gasteiger partial charge on any atom is 0.209 e. The number of nitrogens with zero attached hydrogens (tertiary/aromatic N) is 1. The second-order valence-electron chi connectivity index (χ2n) is 5.24. The van der Waals surface area contributed by atoms with E-state index in [-0.39, 0.29) is 5.72 Å². The summed E-state index contributed by atoms with van der Waals surface area (Å²) in [5.41, 5.74) is 1.98. The highest BCUT2D eigenvalue weighted by atomic mass is 79.9. The predicted octanol–water partition coefficient (Wildman–Crippen LogP) is 5.97. The van der Waals surface area contributed by atoms with Crippen molar-refractivity contribution in [2.24, 2.45) is 0 Å². The summed E-state index contributed by atoms with van der Waals surface area (Å²) in [6.45, 7) is 5.02. The topological polar surface area (TPSA) is 12.5 Å². The van der Waals surface area contributed by atoms with Crippen molar-refractivity contribution in [3.05, 3.63) is 57.5 Å². The molecular formula is C18H19BrClNO. The highest BCUT2D eigenvalue weighted by molar-refractivity contribution is 9.10. The Balaban J connectivity index is 0.000000693. The first-order chi connectivity index (χ1) is 10.7. The number of para-hydroxylation sites is 1. The number of benzene rings is 2. The molecule has 0 bridgehead atoms. The molecule has 22 heavy (non-hydrogen) atoms. The average molecular weight is 381 g/mol. The fourth-order valence-electron chi connectivity index (χ4n) is 3.26. The zero-order chi connectivity index (χ0) is 15.7. The highest BCUT2D eigenvalue weighted by Gasteiger charge is 2.51. The molecule has 0 spiro atoms. The van der Waals surface area contributed by atoms with Gasteiger partial charge < -0.3 is 9.64 Å². The van der Waals surface area contributed by atoms with Gasteiger partial charge in [-0.25, -0.2) is 0 Å². The zero-order valence-corrected chi connectivity index (χ0v) is 15.1. The van der Waals surface area contributed by atoms with Crippen LogP contribution in [-0.2, 0) is 5.72 Å². The molecule has 2 heterocycles. The fourth-order valence-corrected chi connectivity index (χ4v) is 3.83. The van der Waals surface area contributed by atoms with E-state index in [0.717, 1.165) is 34.6 Å². The minimum atomic E-state index is -0.364. The molecule has 2 aliphatic rings. The molecule has 2 nitrogen and oxygen atoms in total. The zero-order valence-electron chi connectivity index (χ0n) is 12.8. The molecular weight excluding hydrogens is 362 g/mol. The van der Waals surface area contributed by atoms with E-state index in [9.17, 15) is 0 Å². The Morgan fingerprint density at radius 1 is 1.14 bits per heavy atom. The van der Waals surface area contributed by atoms with Crippen molar-refractivity contribution < 1.29 is 4.74 Å². The van der Waals surface area contributed by atoms with Gasteiger partial charge in [-0.3, -0.25) is 0 Å². The molecule has 1 unspecified atom stereocenters. The van der Waals surface area contributed by atoms with Crippen LogP contribution in [0, 0.1) is 0 Å². The number of hydrogen-bond acceptors (Lipinski definition) is 2. The lowest BCUT2D eigenvalue weighted by Crippen LogP contribution is -2.41. The van der Waals surface area contributed by atoms with E-state index >= 15 is 0 Å². The normalized spacial score (nSPS) is 21.5. The standard InChI is InChI=1S/C16H13BrClNO.C2H6/c17-13-3-1-4-14-15(13)20-16(9-2-10-19(14)16)11-5-7-12(18)8-6-11;1-2/h1,3-8H,2,9-10H2;1-2H3. The number of halogens is 2. The van der Waals surface area contributed by atoms with Crippen molar-refractivity contribution in [2.75, 3.05) is 11.4 Å². The summed E-state index contributed by atoms with van der Waals surface area (Å²) in [6.07, 6.45) is 2.13. The number of ether oxygens (including phenoxy) is 1. The van der Waals surface area contributed by atoms with Gasteiger partial charge >= 0.3 is 0 Å². The Morgan fingerprint density at radius 3 is 2.59 bits per heavy atom. The molecule has 0 aliphatic carbocycles. The molecule has 4 heteroatoms. The first-order valence-corrected chi connectivity index (χ1v) is 8.89. The van der Waals surface area contributed by atoms with E-state index in [0.29, 0.717) is 0 Å². The summed E-state index contributed by atoms with van der Waals surface area (Å²) in [4.78, 5) is 2.37. The SMILES string of the molecule is CC.Clc1ccc(C23CCCN2c2cccc(Br)c2O3)cc1. The second kappa shape index (κ2) is 6.13. The summed E-state index contributed by atoms with van der Waals surface area (Å²) < 4.78 is 7.42. The minimum Gasteiger partial charge on any atom is -0.460 e. The van der Waals surface area contributed by atoms with E-state index in [4.69, 9.17) is 16.3 Å².